The van der Waals surface area contributed by atoms with Crippen LogP contribution in [0.4, 0.5) is 0 Å². The van der Waals surface area contributed by atoms with Crippen LogP contribution in [0.25, 0.3) is 22.1 Å². The van der Waals surface area contributed by atoms with Crippen LogP contribution in [-0.2, 0) is 13.1 Å². The van der Waals surface area contributed by atoms with Crippen LogP contribution < -0.4 is 5.69 Å². The molecule has 0 aromatic carbocycles. The van der Waals surface area contributed by atoms with Crippen molar-refractivity contribution in [2.45, 2.75) is 52.2 Å². The average Bonchev–Trinajstić information content (AvgIpc) is 3.40. The van der Waals surface area contributed by atoms with Crippen molar-refractivity contribution >= 4 is 22.1 Å². The van der Waals surface area contributed by atoms with Gasteiger partial charge in [-0.1, -0.05) is 13.8 Å². The van der Waals surface area contributed by atoms with Gasteiger partial charge in [-0.05, 0) is 37.3 Å². The fraction of sp³-hybridized carbons (Fsp3) is 0.429. The molecule has 0 unspecified atom stereocenters. The van der Waals surface area contributed by atoms with Gasteiger partial charge in [0.15, 0.2) is 0 Å². The number of aromatic nitrogens is 6. The summed E-state index contributed by atoms with van der Waals surface area (Å²) in [5.41, 5.74) is 3.82. The molecule has 0 bridgehead atoms. The highest BCUT2D eigenvalue weighted by Crippen LogP contribution is 2.36. The average molecular weight is 376 g/mol. The minimum absolute atomic E-state index is 0.0334. The summed E-state index contributed by atoms with van der Waals surface area (Å²) < 4.78 is 5.99. The van der Waals surface area contributed by atoms with Gasteiger partial charge in [-0.15, -0.1) is 0 Å². The summed E-state index contributed by atoms with van der Waals surface area (Å²) in [6, 6.07) is 4.27. The zero-order chi connectivity index (χ0) is 19.3. The fourth-order valence-electron chi connectivity index (χ4n) is 3.90. The standard InChI is InChI=1S/C21H24N6O/c1-14(2)7-10-25-17-5-8-22-11-16(17)24-20(25)13-26-19-12-23-9-6-18(19)27(21(26)28)15-3-4-15/h5-6,8-9,11-12,14-15H,3-4,7,10,13H2,1-2H3. The third-order valence-corrected chi connectivity index (χ3v) is 5.54. The zero-order valence-corrected chi connectivity index (χ0v) is 16.2. The van der Waals surface area contributed by atoms with Crippen LogP contribution in [0.2, 0.25) is 0 Å². The number of imidazole rings is 2. The molecule has 0 atom stereocenters. The first-order valence-electron chi connectivity index (χ1n) is 9.97. The second-order valence-electron chi connectivity index (χ2n) is 8.06. The molecule has 28 heavy (non-hydrogen) atoms. The van der Waals surface area contributed by atoms with Gasteiger partial charge in [0, 0.05) is 25.0 Å². The maximum atomic E-state index is 13.2. The van der Waals surface area contributed by atoms with Crippen molar-refractivity contribution < 1.29 is 0 Å². The normalized spacial score (nSPS) is 14.5. The number of nitrogens with zero attached hydrogens (tertiary/aromatic N) is 6. The Hall–Kier alpha value is -2.96. The Morgan fingerprint density at radius 2 is 1.79 bits per heavy atom. The molecule has 0 saturated heterocycles. The summed E-state index contributed by atoms with van der Waals surface area (Å²) in [4.78, 5) is 26.5. The van der Waals surface area contributed by atoms with Crippen LogP contribution in [-0.4, -0.2) is 28.7 Å². The maximum absolute atomic E-state index is 13.2. The number of hydrogen-bond acceptors (Lipinski definition) is 4. The second-order valence-corrected chi connectivity index (χ2v) is 8.06. The van der Waals surface area contributed by atoms with Crippen molar-refractivity contribution in [3.63, 3.8) is 0 Å². The molecule has 0 N–H and O–H groups in total. The Kier molecular flexibility index (Phi) is 4.03. The summed E-state index contributed by atoms with van der Waals surface area (Å²) in [6.07, 6.45) is 10.3. The van der Waals surface area contributed by atoms with Crippen molar-refractivity contribution in [1.29, 1.82) is 0 Å². The number of pyridine rings is 2. The lowest BCUT2D eigenvalue weighted by molar-refractivity contribution is 0.506. The van der Waals surface area contributed by atoms with Gasteiger partial charge < -0.3 is 4.57 Å². The van der Waals surface area contributed by atoms with Gasteiger partial charge in [0.05, 0.1) is 35.5 Å². The Labute approximate surface area is 162 Å². The fourth-order valence-corrected chi connectivity index (χ4v) is 3.90. The summed E-state index contributed by atoms with van der Waals surface area (Å²) in [6.45, 7) is 5.76. The number of rotatable bonds is 6. The van der Waals surface area contributed by atoms with E-state index in [4.69, 9.17) is 4.98 Å². The van der Waals surface area contributed by atoms with E-state index in [0.717, 1.165) is 53.7 Å². The molecular weight excluding hydrogens is 352 g/mol. The molecule has 1 saturated carbocycles. The minimum atomic E-state index is 0.0334. The van der Waals surface area contributed by atoms with E-state index < -0.39 is 0 Å². The van der Waals surface area contributed by atoms with E-state index >= 15 is 0 Å². The molecule has 7 heteroatoms. The van der Waals surface area contributed by atoms with Gasteiger partial charge >= 0.3 is 5.69 Å². The topological polar surface area (TPSA) is 70.5 Å². The summed E-state index contributed by atoms with van der Waals surface area (Å²) >= 11 is 0. The summed E-state index contributed by atoms with van der Waals surface area (Å²) in [5, 5.41) is 0. The summed E-state index contributed by atoms with van der Waals surface area (Å²) in [7, 11) is 0. The molecule has 0 amide bonds. The molecule has 1 aliphatic carbocycles. The molecule has 5 rings (SSSR count). The molecule has 1 fully saturated rings. The van der Waals surface area contributed by atoms with E-state index in [-0.39, 0.29) is 5.69 Å². The van der Waals surface area contributed by atoms with Crippen LogP contribution in [0.15, 0.2) is 41.7 Å². The lowest BCUT2D eigenvalue weighted by Gasteiger charge is -2.11. The largest absolute Gasteiger partial charge is 0.329 e. The lowest BCUT2D eigenvalue weighted by Crippen LogP contribution is -2.25. The van der Waals surface area contributed by atoms with E-state index in [1.54, 1.807) is 24.8 Å². The molecule has 4 heterocycles. The Balaban J connectivity index is 1.64. The Bertz CT molecular complexity index is 1210. The molecule has 4 aromatic rings. The van der Waals surface area contributed by atoms with E-state index in [1.165, 1.54) is 0 Å². The van der Waals surface area contributed by atoms with Crippen LogP contribution in [0.3, 0.4) is 0 Å². The molecule has 0 aliphatic heterocycles. The maximum Gasteiger partial charge on any atom is 0.329 e. The number of fused-ring (bicyclic) bond motifs is 2. The molecule has 1 aliphatic rings. The third kappa shape index (κ3) is 2.82. The lowest BCUT2D eigenvalue weighted by atomic mass is 10.1. The quantitative estimate of drug-likeness (QED) is 0.517. The highest BCUT2D eigenvalue weighted by molar-refractivity contribution is 5.76. The molecule has 7 nitrogen and oxygen atoms in total. The van der Waals surface area contributed by atoms with Gasteiger partial charge in [0.1, 0.15) is 11.3 Å². The van der Waals surface area contributed by atoms with Gasteiger partial charge in [0.2, 0.25) is 0 Å². The highest BCUT2D eigenvalue weighted by atomic mass is 16.1. The van der Waals surface area contributed by atoms with Gasteiger partial charge in [-0.2, -0.15) is 0 Å². The first kappa shape index (κ1) is 17.2. The first-order valence-corrected chi connectivity index (χ1v) is 9.97. The predicted molar refractivity (Wildman–Crippen MR) is 108 cm³/mol. The van der Waals surface area contributed by atoms with Crippen molar-refractivity contribution in [3.05, 3.63) is 53.2 Å². The van der Waals surface area contributed by atoms with Crippen LogP contribution in [0, 0.1) is 5.92 Å². The molecule has 0 spiro atoms. The number of aryl methyl sites for hydroxylation is 1. The SMILES string of the molecule is CC(C)CCn1c(Cn2c(=O)n(C3CC3)c3ccncc32)nc2cnccc21. The predicted octanol–water partition coefficient (Wildman–Crippen LogP) is 3.37. The van der Waals surface area contributed by atoms with Gasteiger partial charge in [-0.3, -0.25) is 19.1 Å². The van der Waals surface area contributed by atoms with E-state index in [0.29, 0.717) is 18.5 Å². The van der Waals surface area contributed by atoms with Crippen molar-refractivity contribution in [2.24, 2.45) is 5.92 Å². The molecule has 144 valence electrons. The van der Waals surface area contributed by atoms with Crippen molar-refractivity contribution in [3.8, 4) is 0 Å². The second kappa shape index (κ2) is 6.58. The van der Waals surface area contributed by atoms with Gasteiger partial charge in [0.25, 0.3) is 0 Å². The third-order valence-electron chi connectivity index (χ3n) is 5.54. The molecular formula is C21H24N6O. The first-order chi connectivity index (χ1) is 13.6. The molecule has 0 radical (unpaired) electrons. The van der Waals surface area contributed by atoms with E-state index in [2.05, 4.69) is 28.4 Å². The van der Waals surface area contributed by atoms with Gasteiger partial charge in [-0.25, -0.2) is 9.78 Å². The number of hydrogen-bond donors (Lipinski definition) is 0. The monoisotopic (exact) mass is 376 g/mol. The molecule has 4 aromatic heterocycles. The Morgan fingerprint density at radius 1 is 1.04 bits per heavy atom. The van der Waals surface area contributed by atoms with E-state index in [1.807, 2.05) is 21.3 Å². The van der Waals surface area contributed by atoms with Crippen LogP contribution in [0.5, 0.6) is 0 Å². The summed E-state index contributed by atoms with van der Waals surface area (Å²) in [5.74, 6) is 1.49. The van der Waals surface area contributed by atoms with Crippen molar-refractivity contribution in [1.82, 2.24) is 28.7 Å². The van der Waals surface area contributed by atoms with Crippen molar-refractivity contribution in [2.75, 3.05) is 0 Å². The minimum Gasteiger partial charge on any atom is -0.326 e. The van der Waals surface area contributed by atoms with Crippen LogP contribution >= 0.6 is 0 Å². The smallest absolute Gasteiger partial charge is 0.326 e. The van der Waals surface area contributed by atoms with E-state index in [9.17, 15) is 4.79 Å². The van der Waals surface area contributed by atoms with Crippen LogP contribution in [0.1, 0.15) is 45.0 Å². The highest BCUT2D eigenvalue weighted by Gasteiger charge is 2.29. The zero-order valence-electron chi connectivity index (χ0n) is 16.2. The Morgan fingerprint density at radius 3 is 2.54 bits per heavy atom.